The molecule has 1 aromatic carbocycles. The molecular formula is C24H41IN4O4. The minimum atomic E-state index is 0. The van der Waals surface area contributed by atoms with Gasteiger partial charge in [-0.1, -0.05) is 0 Å². The quantitative estimate of drug-likeness (QED) is 0.171. The molecule has 0 aromatic heterocycles. The summed E-state index contributed by atoms with van der Waals surface area (Å²) in [5.74, 6) is 1.62. The fourth-order valence-electron chi connectivity index (χ4n) is 3.98. The third-order valence-electron chi connectivity index (χ3n) is 5.59. The number of hydrogen-bond donors (Lipinski definition) is 2. The van der Waals surface area contributed by atoms with E-state index in [4.69, 9.17) is 23.9 Å². The number of rotatable bonds is 12. The third kappa shape index (κ3) is 10.3. The minimum Gasteiger partial charge on any atom is -0.491 e. The van der Waals surface area contributed by atoms with Gasteiger partial charge in [-0.15, -0.1) is 24.0 Å². The number of morpholine rings is 1. The number of nitrogens with one attached hydrogen (secondary N) is 2. The molecule has 0 saturated carbocycles. The largest absolute Gasteiger partial charge is 0.491 e. The van der Waals surface area contributed by atoms with Crippen LogP contribution in [-0.4, -0.2) is 88.8 Å². The number of fused-ring (bicyclic) bond motifs is 1. The first-order valence-corrected chi connectivity index (χ1v) is 11.9. The second kappa shape index (κ2) is 15.7. The van der Waals surface area contributed by atoms with E-state index in [0.717, 1.165) is 43.5 Å². The van der Waals surface area contributed by atoms with Gasteiger partial charge in [-0.05, 0) is 63.9 Å². The highest BCUT2D eigenvalue weighted by Crippen LogP contribution is 2.22. The van der Waals surface area contributed by atoms with Crippen LogP contribution in [0.3, 0.4) is 0 Å². The normalized spacial score (nSPS) is 20.9. The lowest BCUT2D eigenvalue weighted by Crippen LogP contribution is -2.47. The Morgan fingerprint density at radius 1 is 1.21 bits per heavy atom. The first-order chi connectivity index (χ1) is 15.6. The molecule has 2 aliphatic heterocycles. The van der Waals surface area contributed by atoms with E-state index in [1.165, 1.54) is 19.4 Å². The zero-order valence-corrected chi connectivity index (χ0v) is 22.6. The van der Waals surface area contributed by atoms with Crippen LogP contribution in [0.25, 0.3) is 0 Å². The third-order valence-corrected chi connectivity index (χ3v) is 5.59. The van der Waals surface area contributed by atoms with E-state index in [0.29, 0.717) is 32.4 Å². The number of benzene rings is 1. The van der Waals surface area contributed by atoms with Crippen LogP contribution in [0.5, 0.6) is 5.75 Å². The van der Waals surface area contributed by atoms with Crippen LogP contribution in [0, 0.1) is 0 Å². The maximum Gasteiger partial charge on any atom is 0.195 e. The number of nitrogens with zero attached hydrogens (tertiary/aromatic N) is 2. The Labute approximate surface area is 215 Å². The lowest BCUT2D eigenvalue weighted by Gasteiger charge is -2.34. The summed E-state index contributed by atoms with van der Waals surface area (Å²) in [6, 6.07) is 8.57. The van der Waals surface area contributed by atoms with Crippen molar-refractivity contribution < 1.29 is 18.9 Å². The van der Waals surface area contributed by atoms with Gasteiger partial charge < -0.3 is 29.6 Å². The molecule has 1 aromatic rings. The van der Waals surface area contributed by atoms with Crippen LogP contribution in [0.4, 0.5) is 5.69 Å². The monoisotopic (exact) mass is 576 g/mol. The van der Waals surface area contributed by atoms with Gasteiger partial charge in [-0.2, -0.15) is 0 Å². The number of guanidine groups is 1. The van der Waals surface area contributed by atoms with Crippen molar-refractivity contribution in [3.63, 3.8) is 0 Å². The Balaban J connectivity index is 0.00000385. The first kappa shape index (κ1) is 28.1. The van der Waals surface area contributed by atoms with Crippen molar-refractivity contribution in [2.45, 2.75) is 51.4 Å². The van der Waals surface area contributed by atoms with Crippen molar-refractivity contribution in [2.24, 2.45) is 4.99 Å². The van der Waals surface area contributed by atoms with Crippen LogP contribution < -0.4 is 15.4 Å². The minimum absolute atomic E-state index is 0. The maximum atomic E-state index is 6.07. The van der Waals surface area contributed by atoms with Crippen LogP contribution in [0.2, 0.25) is 0 Å². The summed E-state index contributed by atoms with van der Waals surface area (Å²) >= 11 is 0. The molecule has 2 atom stereocenters. The Hall–Kier alpha value is -1.14. The number of hydrogen-bond acceptors (Lipinski definition) is 6. The lowest BCUT2D eigenvalue weighted by molar-refractivity contribution is -0.0431. The summed E-state index contributed by atoms with van der Waals surface area (Å²) in [5.41, 5.74) is 0.966. The van der Waals surface area contributed by atoms with Gasteiger partial charge in [0.05, 0.1) is 38.6 Å². The van der Waals surface area contributed by atoms with Gasteiger partial charge in [-0.3, -0.25) is 9.89 Å². The number of halogens is 1. The SMILES string of the molecule is COCCOCCCNC(=NCC1CN2CCCC2CO1)Nc1ccc(OC(C)C)cc1.I. The first-order valence-electron chi connectivity index (χ1n) is 11.9. The van der Waals surface area contributed by atoms with E-state index >= 15 is 0 Å². The number of ether oxygens (including phenoxy) is 4. The topological polar surface area (TPSA) is 76.6 Å². The van der Waals surface area contributed by atoms with Gasteiger partial charge in [0.1, 0.15) is 5.75 Å². The molecule has 2 N–H and O–H groups in total. The summed E-state index contributed by atoms with van der Waals surface area (Å²) in [6.07, 6.45) is 3.72. The molecule has 188 valence electrons. The highest BCUT2D eigenvalue weighted by atomic mass is 127. The number of methoxy groups -OCH3 is 1. The van der Waals surface area contributed by atoms with E-state index in [1.807, 2.05) is 38.1 Å². The summed E-state index contributed by atoms with van der Waals surface area (Å²) in [7, 11) is 1.68. The number of anilines is 1. The average molecular weight is 577 g/mol. The predicted molar refractivity (Wildman–Crippen MR) is 143 cm³/mol. The van der Waals surface area contributed by atoms with Gasteiger partial charge in [0.15, 0.2) is 5.96 Å². The van der Waals surface area contributed by atoms with Gasteiger partial charge in [0, 0.05) is 38.5 Å². The van der Waals surface area contributed by atoms with Gasteiger partial charge in [0.25, 0.3) is 0 Å². The summed E-state index contributed by atoms with van der Waals surface area (Å²) in [4.78, 5) is 7.38. The fourth-order valence-corrected chi connectivity index (χ4v) is 3.98. The van der Waals surface area contributed by atoms with E-state index in [2.05, 4.69) is 15.5 Å². The Morgan fingerprint density at radius 3 is 2.79 bits per heavy atom. The molecule has 0 amide bonds. The van der Waals surface area contributed by atoms with Gasteiger partial charge in [0.2, 0.25) is 0 Å². The number of aliphatic imine (C=N–C) groups is 1. The van der Waals surface area contributed by atoms with Crippen molar-refractivity contribution in [2.75, 3.05) is 65.0 Å². The maximum absolute atomic E-state index is 6.07. The summed E-state index contributed by atoms with van der Waals surface area (Å²) in [5, 5.41) is 6.83. The van der Waals surface area contributed by atoms with Crippen LogP contribution in [0.1, 0.15) is 33.1 Å². The molecule has 2 aliphatic rings. The highest BCUT2D eigenvalue weighted by Gasteiger charge is 2.32. The van der Waals surface area contributed by atoms with E-state index < -0.39 is 0 Å². The summed E-state index contributed by atoms with van der Waals surface area (Å²) < 4.78 is 22.4. The molecule has 2 fully saturated rings. The van der Waals surface area contributed by atoms with E-state index in [1.54, 1.807) is 7.11 Å². The molecule has 0 spiro atoms. The molecule has 33 heavy (non-hydrogen) atoms. The molecule has 8 nitrogen and oxygen atoms in total. The molecule has 3 rings (SSSR count). The molecule has 9 heteroatoms. The van der Waals surface area contributed by atoms with Crippen molar-refractivity contribution in [1.82, 2.24) is 10.2 Å². The van der Waals surface area contributed by atoms with E-state index in [9.17, 15) is 0 Å². The molecule has 0 radical (unpaired) electrons. The fraction of sp³-hybridized carbons (Fsp3) is 0.708. The smallest absolute Gasteiger partial charge is 0.195 e. The zero-order valence-electron chi connectivity index (χ0n) is 20.3. The molecule has 2 saturated heterocycles. The van der Waals surface area contributed by atoms with Crippen LogP contribution >= 0.6 is 24.0 Å². The second-order valence-corrected chi connectivity index (χ2v) is 8.64. The molecule has 2 unspecified atom stereocenters. The molecule has 0 bridgehead atoms. The molecular weight excluding hydrogens is 535 g/mol. The summed E-state index contributed by atoms with van der Waals surface area (Å²) in [6.45, 7) is 10.4. The van der Waals surface area contributed by atoms with Crippen molar-refractivity contribution in [3.05, 3.63) is 24.3 Å². The van der Waals surface area contributed by atoms with Crippen LogP contribution in [-0.2, 0) is 14.2 Å². The van der Waals surface area contributed by atoms with Gasteiger partial charge in [-0.25, -0.2) is 0 Å². The molecule has 0 aliphatic carbocycles. The highest BCUT2D eigenvalue weighted by molar-refractivity contribution is 14.0. The predicted octanol–water partition coefficient (Wildman–Crippen LogP) is 3.37. The Bertz CT molecular complexity index is 690. The standard InChI is InChI=1S/C24H40N4O4.HI/c1-19(2)32-22-9-7-20(8-10-22)27-24(25-11-5-13-30-15-14-29-3)26-16-23-17-28-12-4-6-21(28)18-31-23;/h7-10,19,21,23H,4-6,11-18H2,1-3H3,(H2,25,26,27);1H. The van der Waals surface area contributed by atoms with Crippen molar-refractivity contribution >= 4 is 35.6 Å². The lowest BCUT2D eigenvalue weighted by atomic mass is 10.2. The van der Waals surface area contributed by atoms with Crippen molar-refractivity contribution in [1.29, 1.82) is 0 Å². The van der Waals surface area contributed by atoms with E-state index in [-0.39, 0.29) is 36.2 Å². The Kier molecular flexibility index (Phi) is 13.4. The average Bonchev–Trinajstić information content (AvgIpc) is 3.25. The van der Waals surface area contributed by atoms with Crippen molar-refractivity contribution in [3.8, 4) is 5.75 Å². The van der Waals surface area contributed by atoms with Gasteiger partial charge >= 0.3 is 0 Å². The molecule has 2 heterocycles. The van der Waals surface area contributed by atoms with Crippen LogP contribution in [0.15, 0.2) is 29.3 Å². The second-order valence-electron chi connectivity index (χ2n) is 8.64. The zero-order chi connectivity index (χ0) is 22.6. The Morgan fingerprint density at radius 2 is 2.03 bits per heavy atom.